The van der Waals surface area contributed by atoms with Gasteiger partial charge in [0.2, 0.25) is 0 Å². The Labute approximate surface area is 78.5 Å². The average molecular weight is 209 g/mol. The summed E-state index contributed by atoms with van der Waals surface area (Å²) in [4.78, 5) is 9.51. The molecule has 0 aromatic carbocycles. The van der Waals surface area contributed by atoms with E-state index in [1.54, 1.807) is 0 Å². The number of aliphatic hydroxyl groups is 4. The fourth-order valence-corrected chi connectivity index (χ4v) is 1.33. The van der Waals surface area contributed by atoms with E-state index in [1.807, 2.05) is 0 Å². The van der Waals surface area contributed by atoms with E-state index in [0.717, 1.165) is 0 Å². The zero-order chi connectivity index (χ0) is 10.9. The summed E-state index contributed by atoms with van der Waals surface area (Å²) < 4.78 is 4.54. The third kappa shape index (κ3) is 1.83. The average Bonchev–Trinajstić information content (AvgIpc) is 2.11. The molecule has 82 valence electrons. The summed E-state index contributed by atoms with van der Waals surface area (Å²) in [7, 11) is 0. The second-order valence-electron chi connectivity index (χ2n) is 3.00. The fourth-order valence-electron chi connectivity index (χ4n) is 1.33. The molecule has 1 saturated heterocycles. The third-order valence-electron chi connectivity index (χ3n) is 2.11. The lowest BCUT2D eigenvalue weighted by Gasteiger charge is -2.35. The van der Waals surface area contributed by atoms with Crippen LogP contribution in [0.15, 0.2) is 0 Å². The minimum absolute atomic E-state index is 0.671. The minimum atomic E-state index is -1.80. The highest BCUT2D eigenvalue weighted by atomic mass is 16.7. The summed E-state index contributed by atoms with van der Waals surface area (Å²) in [5, 5.41) is 46.5. The summed E-state index contributed by atoms with van der Waals surface area (Å²) in [5.74, 6) is 0. The Bertz CT molecular complexity index is 222. The van der Waals surface area contributed by atoms with E-state index in [2.05, 4.69) is 4.74 Å². The van der Waals surface area contributed by atoms with E-state index >= 15 is 0 Å². The van der Waals surface area contributed by atoms with Crippen LogP contribution in [0, 0.1) is 10.1 Å². The zero-order valence-electron chi connectivity index (χ0n) is 7.05. The van der Waals surface area contributed by atoms with E-state index in [1.165, 1.54) is 0 Å². The number of hydrogen-bond acceptors (Lipinski definition) is 7. The Morgan fingerprint density at radius 1 is 1.29 bits per heavy atom. The molecule has 0 aromatic rings. The molecule has 0 bridgehead atoms. The van der Waals surface area contributed by atoms with Crippen molar-refractivity contribution in [3.63, 3.8) is 0 Å². The molecule has 8 nitrogen and oxygen atoms in total. The largest absolute Gasteiger partial charge is 0.394 e. The summed E-state index contributed by atoms with van der Waals surface area (Å²) >= 11 is 0. The predicted octanol–water partition coefficient (Wildman–Crippen LogP) is -2.94. The van der Waals surface area contributed by atoms with Crippen molar-refractivity contribution in [3.05, 3.63) is 10.1 Å². The molecule has 8 heteroatoms. The van der Waals surface area contributed by atoms with E-state index < -0.39 is 42.2 Å². The fraction of sp³-hybridized carbons (Fsp3) is 1.00. The van der Waals surface area contributed by atoms with Gasteiger partial charge in [-0.1, -0.05) is 0 Å². The first-order valence-corrected chi connectivity index (χ1v) is 3.93. The molecule has 0 radical (unpaired) electrons. The van der Waals surface area contributed by atoms with Crippen LogP contribution >= 0.6 is 0 Å². The van der Waals surface area contributed by atoms with Crippen LogP contribution in [0.5, 0.6) is 0 Å². The molecule has 0 spiro atoms. The summed E-state index contributed by atoms with van der Waals surface area (Å²) in [6, 6.07) is -1.75. The number of aliphatic hydroxyl groups excluding tert-OH is 4. The Balaban J connectivity index is 2.83. The van der Waals surface area contributed by atoms with E-state index in [4.69, 9.17) is 15.3 Å². The van der Waals surface area contributed by atoms with Crippen LogP contribution < -0.4 is 0 Å². The molecule has 1 aliphatic heterocycles. The highest BCUT2D eigenvalue weighted by molar-refractivity contribution is 4.88. The minimum Gasteiger partial charge on any atom is -0.394 e. The van der Waals surface area contributed by atoms with Crippen LogP contribution in [0.4, 0.5) is 0 Å². The molecule has 0 aromatic heterocycles. The summed E-state index contributed by atoms with van der Waals surface area (Å²) in [6.07, 6.45) is -6.48. The van der Waals surface area contributed by atoms with Crippen molar-refractivity contribution in [1.29, 1.82) is 0 Å². The Morgan fingerprint density at radius 3 is 2.29 bits per heavy atom. The van der Waals surface area contributed by atoms with Crippen LogP contribution in [-0.2, 0) is 4.74 Å². The zero-order valence-corrected chi connectivity index (χ0v) is 7.05. The topological polar surface area (TPSA) is 133 Å². The molecule has 1 rings (SSSR count). The van der Waals surface area contributed by atoms with Gasteiger partial charge in [0.15, 0.2) is 18.5 Å². The molecule has 1 aliphatic rings. The van der Waals surface area contributed by atoms with Crippen molar-refractivity contribution in [2.75, 3.05) is 6.61 Å². The molecule has 1 heterocycles. The molecule has 0 amide bonds. The molecular weight excluding hydrogens is 198 g/mol. The second-order valence-corrected chi connectivity index (χ2v) is 3.00. The van der Waals surface area contributed by atoms with Gasteiger partial charge in [-0.05, 0) is 0 Å². The van der Waals surface area contributed by atoms with Gasteiger partial charge in [-0.3, -0.25) is 10.1 Å². The quantitative estimate of drug-likeness (QED) is 0.282. The van der Waals surface area contributed by atoms with Crippen molar-refractivity contribution in [1.82, 2.24) is 0 Å². The van der Waals surface area contributed by atoms with E-state index in [-0.39, 0.29) is 0 Å². The molecule has 3 unspecified atom stereocenters. The highest BCUT2D eigenvalue weighted by Crippen LogP contribution is 2.21. The van der Waals surface area contributed by atoms with Crippen LogP contribution in [0.25, 0.3) is 0 Å². The normalized spacial score (nSPS) is 43.6. The third-order valence-corrected chi connectivity index (χ3v) is 2.11. The van der Waals surface area contributed by atoms with Crippen molar-refractivity contribution in [2.24, 2.45) is 0 Å². The lowest BCUT2D eigenvalue weighted by Crippen LogP contribution is -2.61. The second kappa shape index (κ2) is 4.15. The monoisotopic (exact) mass is 209 g/mol. The van der Waals surface area contributed by atoms with Gasteiger partial charge in [-0.15, -0.1) is 0 Å². The number of ether oxygens (including phenoxy) is 1. The van der Waals surface area contributed by atoms with Crippen LogP contribution in [0.2, 0.25) is 0 Å². The van der Waals surface area contributed by atoms with Crippen molar-refractivity contribution in [2.45, 2.75) is 30.6 Å². The van der Waals surface area contributed by atoms with Gasteiger partial charge >= 0.3 is 0 Å². The van der Waals surface area contributed by atoms with E-state index in [0.29, 0.717) is 0 Å². The number of hydrogen-bond donors (Lipinski definition) is 4. The Kier molecular flexibility index (Phi) is 3.34. The molecule has 0 aliphatic carbocycles. The van der Waals surface area contributed by atoms with Crippen molar-refractivity contribution < 1.29 is 30.1 Å². The lowest BCUT2D eigenvalue weighted by molar-refractivity contribution is -0.564. The summed E-state index contributed by atoms with van der Waals surface area (Å²) in [6.45, 7) is -0.671. The van der Waals surface area contributed by atoms with E-state index in [9.17, 15) is 15.2 Å². The van der Waals surface area contributed by atoms with Crippen molar-refractivity contribution in [3.8, 4) is 0 Å². The van der Waals surface area contributed by atoms with Crippen LogP contribution in [0.3, 0.4) is 0 Å². The first kappa shape index (κ1) is 11.3. The number of nitrogens with zero attached hydrogens (tertiary/aromatic N) is 1. The Hall–Kier alpha value is -0.800. The lowest BCUT2D eigenvalue weighted by atomic mass is 9.97. The SMILES string of the molecule is O=[N+]([O-])C1C(O)[C@@H](O)OC(CO)[C@@H]1O. The predicted molar refractivity (Wildman–Crippen MR) is 40.8 cm³/mol. The first-order valence-electron chi connectivity index (χ1n) is 3.93. The van der Waals surface area contributed by atoms with Crippen LogP contribution in [-0.4, -0.2) is 62.6 Å². The van der Waals surface area contributed by atoms with Gasteiger partial charge in [0, 0.05) is 4.92 Å². The standard InChI is InChI=1S/C6H11NO7/c8-1-2-4(9)3(7(12)13)5(10)6(11)14-2/h2-6,8-11H,1H2/t2?,3?,4-,5?,6-/m0/s1. The molecule has 4 N–H and O–H groups in total. The number of nitro groups is 1. The highest BCUT2D eigenvalue weighted by Gasteiger charge is 2.50. The van der Waals surface area contributed by atoms with Gasteiger partial charge in [0.25, 0.3) is 6.04 Å². The maximum atomic E-state index is 10.4. The van der Waals surface area contributed by atoms with Gasteiger partial charge in [0.05, 0.1) is 6.61 Å². The maximum Gasteiger partial charge on any atom is 0.271 e. The number of rotatable bonds is 2. The van der Waals surface area contributed by atoms with Gasteiger partial charge in [-0.25, -0.2) is 0 Å². The first-order chi connectivity index (χ1) is 6.49. The molecule has 5 atom stereocenters. The van der Waals surface area contributed by atoms with Crippen LogP contribution in [0.1, 0.15) is 0 Å². The molecule has 0 saturated carbocycles. The molecule has 14 heavy (non-hydrogen) atoms. The Morgan fingerprint density at radius 2 is 1.86 bits per heavy atom. The van der Waals surface area contributed by atoms with Gasteiger partial charge in [0.1, 0.15) is 6.10 Å². The van der Waals surface area contributed by atoms with Gasteiger partial charge in [-0.2, -0.15) is 0 Å². The van der Waals surface area contributed by atoms with Gasteiger partial charge < -0.3 is 25.2 Å². The van der Waals surface area contributed by atoms with Crippen molar-refractivity contribution >= 4 is 0 Å². The summed E-state index contributed by atoms with van der Waals surface area (Å²) in [5.41, 5.74) is 0. The maximum absolute atomic E-state index is 10.4. The molecular formula is C6H11NO7. The molecule has 1 fully saturated rings. The smallest absolute Gasteiger partial charge is 0.271 e.